The zero-order chi connectivity index (χ0) is 17.2. The molecule has 2 aromatic rings. The Morgan fingerprint density at radius 3 is 2.43 bits per heavy atom. The molecule has 2 rings (SSSR count). The number of nitrogens with one attached hydrogen (secondary N) is 1. The Morgan fingerprint density at radius 2 is 1.78 bits per heavy atom. The number of hydrogen-bond donors (Lipinski definition) is 1. The normalized spacial score (nSPS) is 12.9. The van der Waals surface area contributed by atoms with Crippen LogP contribution >= 0.6 is 0 Å². The summed E-state index contributed by atoms with van der Waals surface area (Å²) in [5.74, 6) is -0.162. The van der Waals surface area contributed by atoms with Gasteiger partial charge in [-0.05, 0) is 51.0 Å². The number of rotatable bonds is 5. The predicted molar refractivity (Wildman–Crippen MR) is 91.1 cm³/mol. The summed E-state index contributed by atoms with van der Waals surface area (Å²) in [5.41, 5.74) is 3.43. The molecule has 0 fully saturated rings. The second-order valence-corrected chi connectivity index (χ2v) is 7.50. The summed E-state index contributed by atoms with van der Waals surface area (Å²) in [6.45, 7) is 7.16. The number of sulfonamides is 1. The van der Waals surface area contributed by atoms with Crippen molar-refractivity contribution < 1.29 is 13.2 Å². The van der Waals surface area contributed by atoms with Gasteiger partial charge < -0.3 is 0 Å². The van der Waals surface area contributed by atoms with Crippen molar-refractivity contribution in [2.24, 2.45) is 0 Å². The Morgan fingerprint density at radius 1 is 1.09 bits per heavy atom. The highest BCUT2D eigenvalue weighted by Crippen LogP contribution is 2.22. The molecular formula is C18H21NO3S. The summed E-state index contributed by atoms with van der Waals surface area (Å²) in [6.07, 6.45) is 0. The summed E-state index contributed by atoms with van der Waals surface area (Å²) in [6, 6.07) is 11.7. The molecule has 0 bridgehead atoms. The zero-order valence-electron chi connectivity index (χ0n) is 13.8. The van der Waals surface area contributed by atoms with Crippen LogP contribution in [0.15, 0.2) is 47.4 Å². The molecule has 23 heavy (non-hydrogen) atoms. The van der Waals surface area contributed by atoms with Crippen LogP contribution in [0.1, 0.15) is 46.9 Å². The molecule has 0 radical (unpaired) electrons. The molecule has 0 aliphatic heterocycles. The highest BCUT2D eigenvalue weighted by molar-refractivity contribution is 7.89. The molecule has 1 atom stereocenters. The van der Waals surface area contributed by atoms with Gasteiger partial charge in [-0.1, -0.05) is 35.9 Å². The largest absolute Gasteiger partial charge is 0.295 e. The van der Waals surface area contributed by atoms with Gasteiger partial charge in [0.1, 0.15) is 0 Å². The van der Waals surface area contributed by atoms with Gasteiger partial charge in [-0.25, -0.2) is 13.1 Å². The number of hydrogen-bond acceptors (Lipinski definition) is 3. The van der Waals surface area contributed by atoms with Crippen molar-refractivity contribution in [1.82, 2.24) is 4.72 Å². The fourth-order valence-corrected chi connectivity index (χ4v) is 3.74. The van der Waals surface area contributed by atoms with Gasteiger partial charge in [-0.2, -0.15) is 0 Å². The van der Waals surface area contributed by atoms with Crippen molar-refractivity contribution in [2.75, 3.05) is 0 Å². The minimum atomic E-state index is -3.70. The van der Waals surface area contributed by atoms with Crippen molar-refractivity contribution in [1.29, 1.82) is 0 Å². The first-order chi connectivity index (χ1) is 10.7. The molecule has 0 amide bonds. The van der Waals surface area contributed by atoms with E-state index in [1.54, 1.807) is 12.1 Å². The van der Waals surface area contributed by atoms with E-state index < -0.39 is 10.0 Å². The maximum Gasteiger partial charge on any atom is 0.241 e. The Labute approximate surface area is 137 Å². The molecule has 1 N–H and O–H groups in total. The van der Waals surface area contributed by atoms with E-state index in [9.17, 15) is 13.2 Å². The van der Waals surface area contributed by atoms with Crippen LogP contribution in [-0.2, 0) is 10.0 Å². The minimum Gasteiger partial charge on any atom is -0.295 e. The van der Waals surface area contributed by atoms with Gasteiger partial charge in [-0.3, -0.25) is 4.79 Å². The first kappa shape index (κ1) is 17.4. The van der Waals surface area contributed by atoms with Crippen LogP contribution < -0.4 is 4.72 Å². The van der Waals surface area contributed by atoms with Gasteiger partial charge in [0.05, 0.1) is 4.90 Å². The van der Waals surface area contributed by atoms with Gasteiger partial charge in [0.15, 0.2) is 5.78 Å². The standard InChI is InChI=1S/C18H21NO3S/c1-12-8-9-13(2)18(10-12)14(3)19-23(21,22)17-7-5-6-16(11-17)15(4)20/h5-11,14,19H,1-4H3. The average molecular weight is 331 g/mol. The van der Waals surface area contributed by atoms with Crippen molar-refractivity contribution in [3.8, 4) is 0 Å². The van der Waals surface area contributed by atoms with Crippen molar-refractivity contribution in [3.63, 3.8) is 0 Å². The van der Waals surface area contributed by atoms with Crippen molar-refractivity contribution in [3.05, 3.63) is 64.7 Å². The van der Waals surface area contributed by atoms with Crippen LogP contribution in [0.3, 0.4) is 0 Å². The van der Waals surface area contributed by atoms with Crippen LogP contribution in [0, 0.1) is 13.8 Å². The van der Waals surface area contributed by atoms with E-state index in [2.05, 4.69) is 4.72 Å². The first-order valence-electron chi connectivity index (χ1n) is 7.41. The fourth-order valence-electron chi connectivity index (χ4n) is 2.47. The van der Waals surface area contributed by atoms with Crippen LogP contribution in [0.4, 0.5) is 0 Å². The van der Waals surface area contributed by atoms with E-state index in [1.165, 1.54) is 19.1 Å². The van der Waals surface area contributed by atoms with E-state index in [-0.39, 0.29) is 16.7 Å². The van der Waals surface area contributed by atoms with E-state index in [0.29, 0.717) is 5.56 Å². The smallest absolute Gasteiger partial charge is 0.241 e. The lowest BCUT2D eigenvalue weighted by molar-refractivity contribution is 0.101. The molecule has 5 heteroatoms. The van der Waals surface area contributed by atoms with Gasteiger partial charge in [0.25, 0.3) is 0 Å². The van der Waals surface area contributed by atoms with Gasteiger partial charge in [0.2, 0.25) is 10.0 Å². The topological polar surface area (TPSA) is 63.2 Å². The Bertz CT molecular complexity index is 841. The maximum absolute atomic E-state index is 12.6. The number of carbonyl (C=O) groups is 1. The first-order valence-corrected chi connectivity index (χ1v) is 8.89. The van der Waals surface area contributed by atoms with Gasteiger partial charge in [0, 0.05) is 11.6 Å². The lowest BCUT2D eigenvalue weighted by atomic mass is 10.0. The Kier molecular flexibility index (Phi) is 5.02. The second kappa shape index (κ2) is 6.64. The van der Waals surface area contributed by atoms with Crippen LogP contribution in [0.5, 0.6) is 0 Å². The van der Waals surface area contributed by atoms with E-state index in [0.717, 1.165) is 16.7 Å². The highest BCUT2D eigenvalue weighted by atomic mass is 32.2. The molecule has 0 saturated heterocycles. The van der Waals surface area contributed by atoms with E-state index >= 15 is 0 Å². The number of ketones is 1. The van der Waals surface area contributed by atoms with Crippen LogP contribution in [0.2, 0.25) is 0 Å². The quantitative estimate of drug-likeness (QED) is 0.852. The fraction of sp³-hybridized carbons (Fsp3) is 0.278. The molecule has 122 valence electrons. The van der Waals surface area contributed by atoms with E-state index in [4.69, 9.17) is 0 Å². The molecule has 0 aliphatic rings. The minimum absolute atomic E-state index is 0.0994. The molecule has 0 spiro atoms. The number of aryl methyl sites for hydroxylation is 2. The summed E-state index contributed by atoms with van der Waals surface area (Å²) >= 11 is 0. The predicted octanol–water partition coefficient (Wildman–Crippen LogP) is 3.55. The molecular weight excluding hydrogens is 310 g/mol. The van der Waals surface area contributed by atoms with Gasteiger partial charge >= 0.3 is 0 Å². The maximum atomic E-state index is 12.6. The lowest BCUT2D eigenvalue weighted by Crippen LogP contribution is -2.27. The lowest BCUT2D eigenvalue weighted by Gasteiger charge is -2.17. The zero-order valence-corrected chi connectivity index (χ0v) is 14.6. The average Bonchev–Trinajstić information content (AvgIpc) is 2.49. The third-order valence-corrected chi connectivity index (χ3v) is 5.32. The number of benzene rings is 2. The summed E-state index contributed by atoms with van der Waals surface area (Å²) < 4.78 is 27.8. The monoisotopic (exact) mass is 331 g/mol. The third kappa shape index (κ3) is 4.06. The molecule has 0 aromatic heterocycles. The molecule has 0 heterocycles. The third-order valence-electron chi connectivity index (χ3n) is 3.78. The number of Topliss-reactive ketones (excluding diaryl/α,β-unsaturated/α-hetero) is 1. The number of carbonyl (C=O) groups excluding carboxylic acids is 1. The van der Waals surface area contributed by atoms with Crippen LogP contribution in [0.25, 0.3) is 0 Å². The van der Waals surface area contributed by atoms with Crippen molar-refractivity contribution in [2.45, 2.75) is 38.6 Å². The summed E-state index contributed by atoms with van der Waals surface area (Å²) in [4.78, 5) is 11.5. The molecule has 0 aliphatic carbocycles. The SMILES string of the molecule is CC(=O)c1cccc(S(=O)(=O)NC(C)c2cc(C)ccc2C)c1. The summed E-state index contributed by atoms with van der Waals surface area (Å²) in [5, 5.41) is 0. The molecule has 4 nitrogen and oxygen atoms in total. The Balaban J connectivity index is 2.32. The molecule has 0 saturated carbocycles. The summed E-state index contributed by atoms with van der Waals surface area (Å²) in [7, 11) is -3.70. The van der Waals surface area contributed by atoms with Gasteiger partial charge in [-0.15, -0.1) is 0 Å². The van der Waals surface area contributed by atoms with E-state index in [1.807, 2.05) is 39.0 Å². The van der Waals surface area contributed by atoms with Crippen molar-refractivity contribution >= 4 is 15.8 Å². The van der Waals surface area contributed by atoms with Crippen LogP contribution in [-0.4, -0.2) is 14.2 Å². The highest BCUT2D eigenvalue weighted by Gasteiger charge is 2.20. The molecule has 1 unspecified atom stereocenters. The second-order valence-electron chi connectivity index (χ2n) is 5.79. The molecule has 2 aromatic carbocycles. The Hall–Kier alpha value is -1.98.